The average Bonchev–Trinajstić information content (AvgIpc) is 3.51. The number of nitrogens with one attached hydrogen (secondary N) is 1. The zero-order valence-corrected chi connectivity index (χ0v) is 29.6. The number of nitrogens with zero attached hydrogens (tertiary/aromatic N) is 1. The molecule has 266 valence electrons. The number of carbonyl (C=O) groups excluding carboxylic acids is 1. The van der Waals surface area contributed by atoms with Crippen LogP contribution in [0.25, 0.3) is 11.1 Å². The summed E-state index contributed by atoms with van der Waals surface area (Å²) in [7, 11) is 0. The molecule has 0 radical (unpaired) electrons. The molecule has 0 heterocycles. The molecule has 0 spiro atoms. The van der Waals surface area contributed by atoms with E-state index in [9.17, 15) is 20.0 Å². The van der Waals surface area contributed by atoms with E-state index in [-0.39, 0.29) is 24.8 Å². The number of rotatable bonds is 12. The summed E-state index contributed by atoms with van der Waals surface area (Å²) < 4.78 is 12.9. The SMILES string of the molecule is Cc1ccc(C(OC[C@@H](NC(=O)OCC2c3ccccc3-c3ccccc32)[C@H](O)c2ccc([N+](=O)[O-])cc2)(c2ccccc2)c2ccccc2Cl)cc1. The fourth-order valence-corrected chi connectivity index (χ4v) is 7.44. The van der Waals surface area contributed by atoms with Crippen LogP contribution in [0.4, 0.5) is 10.5 Å². The second-order valence-electron chi connectivity index (χ2n) is 13.1. The number of aliphatic hydroxyl groups is 1. The Morgan fingerprint density at radius 1 is 0.792 bits per heavy atom. The minimum Gasteiger partial charge on any atom is -0.449 e. The topological polar surface area (TPSA) is 111 Å². The number of aliphatic hydroxyl groups excluding tert-OH is 1. The molecule has 0 saturated heterocycles. The van der Waals surface area contributed by atoms with Crippen LogP contribution in [-0.2, 0) is 15.1 Å². The highest BCUT2D eigenvalue weighted by atomic mass is 35.5. The van der Waals surface area contributed by atoms with Crippen LogP contribution in [0.1, 0.15) is 51.0 Å². The van der Waals surface area contributed by atoms with E-state index in [1.165, 1.54) is 24.3 Å². The number of non-ortho nitro benzene ring substituents is 1. The van der Waals surface area contributed by atoms with Gasteiger partial charge in [-0.05, 0) is 64.1 Å². The number of aryl methyl sites for hydroxylation is 1. The third kappa shape index (κ3) is 7.17. The summed E-state index contributed by atoms with van der Waals surface area (Å²) in [5.41, 5.74) is 6.57. The zero-order valence-electron chi connectivity index (χ0n) is 28.9. The average molecular weight is 725 g/mol. The predicted octanol–water partition coefficient (Wildman–Crippen LogP) is 9.51. The lowest BCUT2D eigenvalue weighted by molar-refractivity contribution is -0.384. The largest absolute Gasteiger partial charge is 0.449 e. The number of alkyl carbamates (subject to hydrolysis) is 1. The standard InChI is InChI=1S/C44H37ClN2O6/c1-29-19-23-32(24-20-29)44(31-11-3-2-4-12-31,39-17-9-10-18-40(39)45)53-28-41(42(48)30-21-25-33(26-22-30)47(50)51)46-43(49)52-27-38-36-15-7-5-13-34(36)35-14-6-8-16-37(35)38/h2-26,38,41-42,48H,27-28H2,1H3,(H,46,49)/t41-,42-,44?/m1/s1. The van der Waals surface area contributed by atoms with Crippen LogP contribution in [0.3, 0.4) is 0 Å². The first kappa shape index (κ1) is 35.6. The molecule has 1 amide bonds. The molecule has 1 aliphatic rings. The van der Waals surface area contributed by atoms with E-state index in [4.69, 9.17) is 21.1 Å². The van der Waals surface area contributed by atoms with E-state index in [1.807, 2.05) is 116 Å². The smallest absolute Gasteiger partial charge is 0.407 e. The number of halogens is 1. The van der Waals surface area contributed by atoms with Crippen molar-refractivity contribution in [2.45, 2.75) is 30.6 Å². The van der Waals surface area contributed by atoms with Gasteiger partial charge >= 0.3 is 6.09 Å². The molecule has 0 aliphatic heterocycles. The fourth-order valence-electron chi connectivity index (χ4n) is 7.17. The summed E-state index contributed by atoms with van der Waals surface area (Å²) >= 11 is 6.94. The first-order valence-corrected chi connectivity index (χ1v) is 17.7. The number of benzene rings is 6. The summed E-state index contributed by atoms with van der Waals surface area (Å²) in [4.78, 5) is 24.6. The fraction of sp³-hybridized carbons (Fsp3) is 0.159. The van der Waals surface area contributed by atoms with Crippen molar-refractivity contribution in [3.63, 3.8) is 0 Å². The van der Waals surface area contributed by atoms with E-state index in [1.54, 1.807) is 6.07 Å². The number of carbonyl (C=O) groups is 1. The molecule has 53 heavy (non-hydrogen) atoms. The Morgan fingerprint density at radius 2 is 1.36 bits per heavy atom. The quantitative estimate of drug-likeness (QED) is 0.0739. The lowest BCUT2D eigenvalue weighted by Gasteiger charge is -2.38. The van der Waals surface area contributed by atoms with Gasteiger partial charge in [0.1, 0.15) is 18.3 Å². The molecule has 0 fully saturated rings. The van der Waals surface area contributed by atoms with Crippen LogP contribution < -0.4 is 5.32 Å². The van der Waals surface area contributed by atoms with Gasteiger partial charge in [-0.15, -0.1) is 0 Å². The number of ether oxygens (including phenoxy) is 2. The second-order valence-corrected chi connectivity index (χ2v) is 13.5. The highest BCUT2D eigenvalue weighted by molar-refractivity contribution is 6.31. The molecule has 1 unspecified atom stereocenters. The van der Waals surface area contributed by atoms with Crippen LogP contribution >= 0.6 is 11.6 Å². The van der Waals surface area contributed by atoms with Crippen molar-refractivity contribution in [2.75, 3.05) is 13.2 Å². The van der Waals surface area contributed by atoms with Crippen molar-refractivity contribution in [3.8, 4) is 11.1 Å². The minimum atomic E-state index is -1.34. The van der Waals surface area contributed by atoms with E-state index >= 15 is 0 Å². The van der Waals surface area contributed by atoms with Crippen molar-refractivity contribution in [1.29, 1.82) is 0 Å². The Labute approximate surface area is 312 Å². The van der Waals surface area contributed by atoms with Crippen molar-refractivity contribution >= 4 is 23.4 Å². The van der Waals surface area contributed by atoms with Crippen LogP contribution in [0.2, 0.25) is 5.02 Å². The number of amides is 1. The number of nitro benzene ring substituents is 1. The Bertz CT molecular complexity index is 2180. The molecule has 0 saturated carbocycles. The maximum atomic E-state index is 13.7. The highest BCUT2D eigenvalue weighted by Gasteiger charge is 2.41. The van der Waals surface area contributed by atoms with Gasteiger partial charge in [-0.1, -0.05) is 138 Å². The van der Waals surface area contributed by atoms with Crippen molar-refractivity contribution in [3.05, 3.63) is 206 Å². The van der Waals surface area contributed by atoms with Gasteiger partial charge in [0.2, 0.25) is 0 Å². The van der Waals surface area contributed by atoms with Crippen LogP contribution in [-0.4, -0.2) is 35.4 Å². The Morgan fingerprint density at radius 3 is 1.98 bits per heavy atom. The van der Waals surface area contributed by atoms with Crippen molar-refractivity contribution < 1.29 is 24.3 Å². The molecule has 9 heteroatoms. The molecule has 2 N–H and O–H groups in total. The van der Waals surface area contributed by atoms with Gasteiger partial charge < -0.3 is 19.9 Å². The molecule has 7 rings (SSSR count). The summed E-state index contributed by atoms with van der Waals surface area (Å²) in [6, 6.07) is 45.6. The maximum Gasteiger partial charge on any atom is 0.407 e. The van der Waals surface area contributed by atoms with Gasteiger partial charge in [-0.25, -0.2) is 4.79 Å². The van der Waals surface area contributed by atoms with Crippen LogP contribution in [0.15, 0.2) is 152 Å². The lowest BCUT2D eigenvalue weighted by atomic mass is 9.79. The van der Waals surface area contributed by atoms with E-state index in [0.29, 0.717) is 16.1 Å². The monoisotopic (exact) mass is 724 g/mol. The molecular formula is C44H37ClN2O6. The van der Waals surface area contributed by atoms with E-state index in [0.717, 1.165) is 38.9 Å². The Balaban J connectivity index is 1.23. The number of nitro groups is 1. The second kappa shape index (κ2) is 15.4. The third-order valence-electron chi connectivity index (χ3n) is 9.84. The van der Waals surface area contributed by atoms with Gasteiger partial charge in [0, 0.05) is 28.6 Å². The first-order valence-electron chi connectivity index (χ1n) is 17.3. The van der Waals surface area contributed by atoms with Crippen LogP contribution in [0, 0.1) is 17.0 Å². The first-order chi connectivity index (χ1) is 25.8. The Hall–Kier alpha value is -5.80. The van der Waals surface area contributed by atoms with Crippen LogP contribution in [0.5, 0.6) is 0 Å². The van der Waals surface area contributed by atoms with Gasteiger partial charge in [0.25, 0.3) is 5.69 Å². The number of fused-ring (bicyclic) bond motifs is 3. The summed E-state index contributed by atoms with van der Waals surface area (Å²) in [5, 5.41) is 26.6. The van der Waals surface area contributed by atoms with Gasteiger partial charge in [0.05, 0.1) is 17.6 Å². The third-order valence-corrected chi connectivity index (χ3v) is 10.2. The number of hydrogen-bond donors (Lipinski definition) is 2. The molecule has 8 nitrogen and oxygen atoms in total. The Kier molecular flexibility index (Phi) is 10.4. The molecular weight excluding hydrogens is 688 g/mol. The molecule has 6 aromatic rings. The molecule has 0 bridgehead atoms. The summed E-state index contributed by atoms with van der Waals surface area (Å²) in [5.74, 6) is -0.171. The van der Waals surface area contributed by atoms with Gasteiger partial charge in [-0.2, -0.15) is 0 Å². The van der Waals surface area contributed by atoms with Gasteiger partial charge in [-0.3, -0.25) is 10.1 Å². The summed E-state index contributed by atoms with van der Waals surface area (Å²) in [6.07, 6.45) is -2.09. The molecule has 1 aliphatic carbocycles. The maximum absolute atomic E-state index is 13.7. The highest BCUT2D eigenvalue weighted by Crippen LogP contribution is 2.45. The lowest BCUT2D eigenvalue weighted by Crippen LogP contribution is -2.46. The minimum absolute atomic E-state index is 0.0675. The summed E-state index contributed by atoms with van der Waals surface area (Å²) in [6.45, 7) is 1.85. The van der Waals surface area contributed by atoms with E-state index < -0.39 is 28.8 Å². The van der Waals surface area contributed by atoms with Gasteiger partial charge in [0.15, 0.2) is 0 Å². The van der Waals surface area contributed by atoms with E-state index in [2.05, 4.69) is 17.4 Å². The molecule has 3 atom stereocenters. The van der Waals surface area contributed by atoms with Crippen molar-refractivity contribution in [2.24, 2.45) is 0 Å². The predicted molar refractivity (Wildman–Crippen MR) is 205 cm³/mol. The molecule has 0 aromatic heterocycles. The normalized spacial score (nSPS) is 14.3. The number of hydrogen-bond acceptors (Lipinski definition) is 6. The van der Waals surface area contributed by atoms with Crippen molar-refractivity contribution in [1.82, 2.24) is 5.32 Å². The zero-order chi connectivity index (χ0) is 37.0. The molecule has 6 aromatic carbocycles.